The number of nitrogens with zero attached hydrogens (tertiary/aromatic N) is 3. The van der Waals surface area contributed by atoms with Crippen molar-refractivity contribution in [2.75, 3.05) is 24.7 Å². The van der Waals surface area contributed by atoms with Gasteiger partial charge in [0.1, 0.15) is 6.07 Å². The molecule has 0 spiro atoms. The molecule has 0 N–H and O–H groups in total. The van der Waals surface area contributed by atoms with Crippen molar-refractivity contribution in [2.24, 2.45) is 0 Å². The highest BCUT2D eigenvalue weighted by atomic mass is 16.5. The molecule has 0 amide bonds. The zero-order valence-electron chi connectivity index (χ0n) is 11.2. The van der Waals surface area contributed by atoms with E-state index in [1.54, 1.807) is 0 Å². The van der Waals surface area contributed by atoms with Crippen LogP contribution in [0.2, 0.25) is 0 Å². The van der Waals surface area contributed by atoms with Crippen LogP contribution in [0.1, 0.15) is 30.3 Å². The van der Waals surface area contributed by atoms with Crippen LogP contribution in [0.4, 0.5) is 5.69 Å². The number of aryl methyl sites for hydroxylation is 2. The Hall–Kier alpha value is -1.60. The minimum atomic E-state index is 0.354. The molecule has 2 heterocycles. The lowest BCUT2D eigenvalue weighted by atomic mass is 10.1. The lowest BCUT2D eigenvalue weighted by molar-refractivity contribution is 0.0929. The normalized spacial score (nSPS) is 19.7. The molecule has 96 valence electrons. The molecule has 1 aliphatic heterocycles. The van der Waals surface area contributed by atoms with Crippen LogP contribution in [0.25, 0.3) is 0 Å². The number of anilines is 1. The van der Waals surface area contributed by atoms with Crippen LogP contribution in [0.15, 0.2) is 6.07 Å². The molecule has 0 bridgehead atoms. The van der Waals surface area contributed by atoms with Crippen molar-refractivity contribution in [3.63, 3.8) is 0 Å². The molecular weight excluding hydrogens is 226 g/mol. The van der Waals surface area contributed by atoms with Crippen molar-refractivity contribution in [2.45, 2.75) is 33.2 Å². The van der Waals surface area contributed by atoms with Gasteiger partial charge in [0.15, 0.2) is 0 Å². The van der Waals surface area contributed by atoms with Crippen molar-refractivity contribution in [1.82, 2.24) is 4.98 Å². The molecular formula is C14H19N3O. The van der Waals surface area contributed by atoms with E-state index in [4.69, 9.17) is 4.74 Å². The van der Waals surface area contributed by atoms with E-state index < -0.39 is 0 Å². The Morgan fingerprint density at radius 1 is 1.56 bits per heavy atom. The van der Waals surface area contributed by atoms with E-state index in [0.29, 0.717) is 11.6 Å². The van der Waals surface area contributed by atoms with Crippen LogP contribution in [0.3, 0.4) is 0 Å². The second-order valence-corrected chi connectivity index (χ2v) is 4.69. The maximum atomic E-state index is 9.33. The van der Waals surface area contributed by atoms with E-state index in [0.717, 1.165) is 43.3 Å². The fourth-order valence-electron chi connectivity index (χ4n) is 2.48. The molecule has 1 saturated heterocycles. The lowest BCUT2D eigenvalue weighted by Crippen LogP contribution is -2.45. The zero-order valence-corrected chi connectivity index (χ0v) is 11.2. The van der Waals surface area contributed by atoms with Gasteiger partial charge in [-0.1, -0.05) is 6.92 Å². The van der Waals surface area contributed by atoms with Gasteiger partial charge in [-0.2, -0.15) is 5.26 Å². The SMILES string of the molecule is CCC1COCCN1c1cc(C)nc(C)c1C#N. The van der Waals surface area contributed by atoms with Crippen molar-refractivity contribution in [3.05, 3.63) is 23.0 Å². The molecule has 1 fully saturated rings. The van der Waals surface area contributed by atoms with Gasteiger partial charge >= 0.3 is 0 Å². The number of morpholine rings is 1. The number of rotatable bonds is 2. The summed E-state index contributed by atoms with van der Waals surface area (Å²) in [5.41, 5.74) is 3.48. The molecule has 0 saturated carbocycles. The van der Waals surface area contributed by atoms with Gasteiger partial charge in [-0.3, -0.25) is 4.98 Å². The summed E-state index contributed by atoms with van der Waals surface area (Å²) in [6.45, 7) is 8.33. The molecule has 18 heavy (non-hydrogen) atoms. The quantitative estimate of drug-likeness (QED) is 0.801. The summed E-state index contributed by atoms with van der Waals surface area (Å²) in [5, 5.41) is 9.33. The van der Waals surface area contributed by atoms with Crippen molar-refractivity contribution in [1.29, 1.82) is 5.26 Å². The predicted octanol–water partition coefficient (Wildman–Crippen LogP) is 2.19. The number of aromatic nitrogens is 1. The van der Waals surface area contributed by atoms with E-state index in [9.17, 15) is 5.26 Å². The van der Waals surface area contributed by atoms with E-state index in [1.165, 1.54) is 0 Å². The Morgan fingerprint density at radius 2 is 2.33 bits per heavy atom. The smallest absolute Gasteiger partial charge is 0.103 e. The molecule has 4 heteroatoms. The van der Waals surface area contributed by atoms with Crippen LogP contribution in [0.5, 0.6) is 0 Å². The predicted molar refractivity (Wildman–Crippen MR) is 70.7 cm³/mol. The number of nitriles is 1. The summed E-state index contributed by atoms with van der Waals surface area (Å²) >= 11 is 0. The van der Waals surface area contributed by atoms with Gasteiger partial charge in [-0.05, 0) is 26.3 Å². The second kappa shape index (κ2) is 5.36. The van der Waals surface area contributed by atoms with Gasteiger partial charge in [0.2, 0.25) is 0 Å². The summed E-state index contributed by atoms with van der Waals surface area (Å²) in [4.78, 5) is 6.67. The Kier molecular flexibility index (Phi) is 3.83. The lowest BCUT2D eigenvalue weighted by Gasteiger charge is -2.37. The summed E-state index contributed by atoms with van der Waals surface area (Å²) < 4.78 is 5.52. The molecule has 1 aliphatic rings. The first kappa shape index (κ1) is 12.8. The van der Waals surface area contributed by atoms with Gasteiger partial charge in [0, 0.05) is 12.2 Å². The average molecular weight is 245 g/mol. The third-order valence-corrected chi connectivity index (χ3v) is 3.43. The number of hydrogen-bond donors (Lipinski definition) is 0. The van der Waals surface area contributed by atoms with E-state index in [2.05, 4.69) is 22.9 Å². The Bertz CT molecular complexity index is 479. The monoisotopic (exact) mass is 245 g/mol. The van der Waals surface area contributed by atoms with Gasteiger partial charge in [-0.25, -0.2) is 0 Å². The van der Waals surface area contributed by atoms with Crippen LogP contribution in [-0.4, -0.2) is 30.8 Å². The summed E-state index contributed by atoms with van der Waals surface area (Å²) in [5.74, 6) is 0. The average Bonchev–Trinajstić information content (AvgIpc) is 2.38. The standard InChI is InChI=1S/C14H19N3O/c1-4-12-9-18-6-5-17(12)14-7-10(2)16-11(3)13(14)8-15/h7,12H,4-6,9H2,1-3H3. The van der Waals surface area contributed by atoms with Crippen LogP contribution >= 0.6 is 0 Å². The molecule has 2 rings (SSSR count). The number of hydrogen-bond acceptors (Lipinski definition) is 4. The Balaban J connectivity index is 2.45. The zero-order chi connectivity index (χ0) is 13.1. The first-order valence-electron chi connectivity index (χ1n) is 6.40. The first-order chi connectivity index (χ1) is 8.67. The van der Waals surface area contributed by atoms with Gasteiger partial charge in [0.05, 0.1) is 36.2 Å². The molecule has 0 aromatic carbocycles. The molecule has 1 atom stereocenters. The van der Waals surface area contributed by atoms with Crippen molar-refractivity contribution in [3.8, 4) is 6.07 Å². The van der Waals surface area contributed by atoms with Crippen LogP contribution in [0, 0.1) is 25.2 Å². The molecule has 1 aromatic rings. The summed E-state index contributed by atoms with van der Waals surface area (Å²) in [6, 6.07) is 4.66. The Labute approximate surface area is 108 Å². The highest BCUT2D eigenvalue weighted by Crippen LogP contribution is 2.27. The van der Waals surface area contributed by atoms with Gasteiger partial charge in [0.25, 0.3) is 0 Å². The van der Waals surface area contributed by atoms with Crippen LogP contribution in [-0.2, 0) is 4.74 Å². The highest BCUT2D eigenvalue weighted by Gasteiger charge is 2.24. The second-order valence-electron chi connectivity index (χ2n) is 4.69. The molecule has 1 aromatic heterocycles. The third-order valence-electron chi connectivity index (χ3n) is 3.43. The van der Waals surface area contributed by atoms with E-state index in [1.807, 2.05) is 19.9 Å². The van der Waals surface area contributed by atoms with Crippen molar-refractivity contribution < 1.29 is 4.74 Å². The third kappa shape index (κ3) is 2.32. The van der Waals surface area contributed by atoms with E-state index in [-0.39, 0.29) is 0 Å². The minimum absolute atomic E-state index is 0.354. The van der Waals surface area contributed by atoms with Crippen LogP contribution < -0.4 is 4.90 Å². The maximum Gasteiger partial charge on any atom is 0.103 e. The largest absolute Gasteiger partial charge is 0.377 e. The molecule has 1 unspecified atom stereocenters. The fourth-order valence-corrected chi connectivity index (χ4v) is 2.48. The molecule has 0 radical (unpaired) electrons. The summed E-state index contributed by atoms with van der Waals surface area (Å²) in [6.07, 6.45) is 1.02. The number of ether oxygens (including phenoxy) is 1. The van der Waals surface area contributed by atoms with Gasteiger partial charge in [-0.15, -0.1) is 0 Å². The Morgan fingerprint density at radius 3 is 3.00 bits per heavy atom. The molecule has 0 aliphatic carbocycles. The maximum absolute atomic E-state index is 9.33. The summed E-state index contributed by atoms with van der Waals surface area (Å²) in [7, 11) is 0. The molecule has 4 nitrogen and oxygen atoms in total. The minimum Gasteiger partial charge on any atom is -0.377 e. The van der Waals surface area contributed by atoms with Crippen molar-refractivity contribution >= 4 is 5.69 Å². The first-order valence-corrected chi connectivity index (χ1v) is 6.40. The van der Waals surface area contributed by atoms with E-state index >= 15 is 0 Å². The fraction of sp³-hybridized carbons (Fsp3) is 0.571. The topological polar surface area (TPSA) is 49.1 Å². The van der Waals surface area contributed by atoms with Gasteiger partial charge < -0.3 is 9.64 Å². The highest BCUT2D eigenvalue weighted by molar-refractivity contribution is 5.62. The number of pyridine rings is 1.